The first-order valence-corrected chi connectivity index (χ1v) is 8.55. The van der Waals surface area contributed by atoms with E-state index in [0.29, 0.717) is 35.9 Å². The van der Waals surface area contributed by atoms with Crippen LogP contribution >= 0.6 is 11.6 Å². The monoisotopic (exact) mass is 369 g/mol. The van der Waals surface area contributed by atoms with Gasteiger partial charge >= 0.3 is 0 Å². The lowest BCUT2D eigenvalue weighted by Crippen LogP contribution is -2.35. The molecular weight excluding hydrogens is 354 g/mol. The van der Waals surface area contributed by atoms with Crippen LogP contribution in [0.3, 0.4) is 0 Å². The largest absolute Gasteiger partial charge is 0.508 e. The number of phenols is 1. The molecule has 132 valence electrons. The van der Waals surface area contributed by atoms with Crippen LogP contribution in [0.1, 0.15) is 16.8 Å². The maximum Gasteiger partial charge on any atom is 0.254 e. The van der Waals surface area contributed by atoms with Gasteiger partial charge in [0, 0.05) is 42.6 Å². The molecule has 0 aliphatic carbocycles. The van der Waals surface area contributed by atoms with Crippen molar-refractivity contribution in [3.8, 4) is 17.1 Å². The first-order chi connectivity index (χ1) is 12.6. The Labute approximate surface area is 154 Å². The van der Waals surface area contributed by atoms with E-state index in [1.165, 1.54) is 12.4 Å². The van der Waals surface area contributed by atoms with E-state index in [4.69, 9.17) is 11.6 Å². The molecule has 0 atom stereocenters. The number of benzene rings is 1. The molecule has 2 N–H and O–H groups in total. The van der Waals surface area contributed by atoms with Crippen LogP contribution in [0.15, 0.2) is 41.7 Å². The molecule has 8 heteroatoms. The molecule has 7 nitrogen and oxygen atoms in total. The summed E-state index contributed by atoms with van der Waals surface area (Å²) in [7, 11) is 0. The van der Waals surface area contributed by atoms with Crippen molar-refractivity contribution in [3.63, 3.8) is 0 Å². The van der Waals surface area contributed by atoms with Gasteiger partial charge in [-0.3, -0.25) is 9.69 Å². The zero-order chi connectivity index (χ0) is 18.1. The molecule has 3 aromatic rings. The Bertz CT molecular complexity index is 1010. The van der Waals surface area contributed by atoms with Crippen molar-refractivity contribution < 1.29 is 5.11 Å². The Kier molecular flexibility index (Phi) is 4.40. The second-order valence-corrected chi connectivity index (χ2v) is 6.61. The van der Waals surface area contributed by atoms with Gasteiger partial charge in [-0.1, -0.05) is 17.7 Å². The Hall–Kier alpha value is -2.77. The minimum absolute atomic E-state index is 0.115. The molecule has 0 spiro atoms. The first-order valence-electron chi connectivity index (χ1n) is 8.17. The standard InChI is InChI=1S/C18H16ClN5O2/c19-15-5-13(25)2-1-11(15)8-24-4-3-14-16(9-24)22-17(23-18(14)26)12-6-20-10-21-7-12/h1-2,5-7,10,25H,3-4,8-9H2,(H,22,23,26). The smallest absolute Gasteiger partial charge is 0.254 e. The molecular formula is C18H16ClN5O2. The third-order valence-electron chi connectivity index (χ3n) is 4.42. The Morgan fingerprint density at radius 3 is 2.85 bits per heavy atom. The van der Waals surface area contributed by atoms with Crippen molar-refractivity contribution in [3.05, 3.63) is 69.1 Å². The zero-order valence-corrected chi connectivity index (χ0v) is 14.6. The SMILES string of the molecule is O=c1[nH]c(-c2cncnc2)nc2c1CCN(Cc1ccc(O)cc1Cl)C2. The van der Waals surface area contributed by atoms with Crippen molar-refractivity contribution in [2.45, 2.75) is 19.5 Å². The maximum atomic E-state index is 12.4. The van der Waals surface area contributed by atoms with E-state index in [0.717, 1.165) is 23.4 Å². The van der Waals surface area contributed by atoms with Gasteiger partial charge in [0.2, 0.25) is 0 Å². The van der Waals surface area contributed by atoms with Crippen LogP contribution in [0.4, 0.5) is 0 Å². The fourth-order valence-corrected chi connectivity index (χ4v) is 3.33. The van der Waals surface area contributed by atoms with E-state index in [1.54, 1.807) is 18.5 Å². The molecule has 0 bridgehead atoms. The number of nitrogens with one attached hydrogen (secondary N) is 1. The molecule has 0 radical (unpaired) electrons. The summed E-state index contributed by atoms with van der Waals surface area (Å²) in [6.07, 6.45) is 5.30. The molecule has 1 aliphatic heterocycles. The fraction of sp³-hybridized carbons (Fsp3) is 0.222. The first kappa shape index (κ1) is 16.7. The number of H-pyrrole nitrogens is 1. The van der Waals surface area contributed by atoms with Gasteiger partial charge in [0.15, 0.2) is 0 Å². The fourth-order valence-electron chi connectivity index (χ4n) is 3.09. The molecule has 4 rings (SSSR count). The lowest BCUT2D eigenvalue weighted by atomic mass is 10.1. The summed E-state index contributed by atoms with van der Waals surface area (Å²) in [5.41, 5.74) is 2.96. The molecule has 1 aliphatic rings. The number of fused-ring (bicyclic) bond motifs is 1. The Morgan fingerprint density at radius 2 is 2.08 bits per heavy atom. The van der Waals surface area contributed by atoms with Gasteiger partial charge in [-0.05, 0) is 24.1 Å². The van der Waals surface area contributed by atoms with Crippen LogP contribution in [0.5, 0.6) is 5.75 Å². The number of rotatable bonds is 3. The quantitative estimate of drug-likeness (QED) is 0.734. The number of hydrogen-bond acceptors (Lipinski definition) is 6. The van der Waals surface area contributed by atoms with E-state index in [2.05, 4.69) is 24.8 Å². The van der Waals surface area contributed by atoms with Gasteiger partial charge in [-0.25, -0.2) is 15.0 Å². The second-order valence-electron chi connectivity index (χ2n) is 6.20. The molecule has 0 saturated heterocycles. The predicted molar refractivity (Wildman–Crippen MR) is 96.8 cm³/mol. The van der Waals surface area contributed by atoms with Gasteiger partial charge in [0.25, 0.3) is 5.56 Å². The average Bonchev–Trinajstić information content (AvgIpc) is 2.64. The van der Waals surface area contributed by atoms with Crippen LogP contribution in [-0.2, 0) is 19.5 Å². The summed E-state index contributed by atoms with van der Waals surface area (Å²) in [5.74, 6) is 0.615. The zero-order valence-electron chi connectivity index (χ0n) is 13.8. The van der Waals surface area contributed by atoms with Crippen molar-refractivity contribution in [2.75, 3.05) is 6.54 Å². The molecule has 1 aromatic carbocycles. The highest BCUT2D eigenvalue weighted by Gasteiger charge is 2.22. The third-order valence-corrected chi connectivity index (χ3v) is 4.77. The molecule has 0 amide bonds. The minimum atomic E-state index is -0.115. The van der Waals surface area contributed by atoms with Gasteiger partial charge in [-0.2, -0.15) is 0 Å². The number of aromatic nitrogens is 4. The number of aromatic hydroxyl groups is 1. The summed E-state index contributed by atoms with van der Waals surface area (Å²) in [6, 6.07) is 4.96. The molecule has 3 heterocycles. The summed E-state index contributed by atoms with van der Waals surface area (Å²) >= 11 is 6.21. The van der Waals surface area contributed by atoms with Crippen LogP contribution in [0, 0.1) is 0 Å². The second kappa shape index (κ2) is 6.86. The normalized spacial score (nSPS) is 14.2. The lowest BCUT2D eigenvalue weighted by molar-refractivity contribution is 0.240. The van der Waals surface area contributed by atoms with Gasteiger partial charge in [0.1, 0.15) is 17.9 Å². The predicted octanol–water partition coefficient (Wildman–Crippen LogP) is 2.14. The van der Waals surface area contributed by atoms with Gasteiger partial charge in [-0.15, -0.1) is 0 Å². The van der Waals surface area contributed by atoms with E-state index in [9.17, 15) is 9.90 Å². The van der Waals surface area contributed by atoms with Gasteiger partial charge in [0.05, 0.1) is 11.3 Å². The average molecular weight is 370 g/mol. The summed E-state index contributed by atoms with van der Waals surface area (Å²) < 4.78 is 0. The lowest BCUT2D eigenvalue weighted by Gasteiger charge is -2.28. The number of hydrogen-bond donors (Lipinski definition) is 2. The molecule has 0 unspecified atom stereocenters. The van der Waals surface area contributed by atoms with E-state index < -0.39 is 0 Å². The minimum Gasteiger partial charge on any atom is -0.508 e. The Morgan fingerprint density at radius 1 is 1.27 bits per heavy atom. The highest BCUT2D eigenvalue weighted by molar-refractivity contribution is 6.31. The third kappa shape index (κ3) is 3.31. The topological polar surface area (TPSA) is 95.0 Å². The van der Waals surface area contributed by atoms with Crippen molar-refractivity contribution >= 4 is 11.6 Å². The molecule has 0 fully saturated rings. The van der Waals surface area contributed by atoms with Gasteiger partial charge < -0.3 is 10.1 Å². The number of nitrogens with zero attached hydrogens (tertiary/aromatic N) is 4. The molecule has 0 saturated carbocycles. The maximum absolute atomic E-state index is 12.4. The van der Waals surface area contributed by atoms with Crippen molar-refractivity contribution in [1.29, 1.82) is 0 Å². The summed E-state index contributed by atoms with van der Waals surface area (Å²) in [4.78, 5) is 30.0. The number of aromatic amines is 1. The number of phenolic OH excluding ortho intramolecular Hbond substituents is 1. The van der Waals surface area contributed by atoms with Crippen LogP contribution < -0.4 is 5.56 Å². The van der Waals surface area contributed by atoms with E-state index in [-0.39, 0.29) is 11.3 Å². The van der Waals surface area contributed by atoms with Crippen LogP contribution in [-0.4, -0.2) is 36.5 Å². The Balaban J connectivity index is 1.61. The highest BCUT2D eigenvalue weighted by atomic mass is 35.5. The highest BCUT2D eigenvalue weighted by Crippen LogP contribution is 2.25. The van der Waals surface area contributed by atoms with Crippen LogP contribution in [0.2, 0.25) is 5.02 Å². The summed E-state index contributed by atoms with van der Waals surface area (Å²) in [6.45, 7) is 1.91. The van der Waals surface area contributed by atoms with Crippen LogP contribution in [0.25, 0.3) is 11.4 Å². The number of halogens is 1. The van der Waals surface area contributed by atoms with E-state index >= 15 is 0 Å². The molecule has 26 heavy (non-hydrogen) atoms. The van der Waals surface area contributed by atoms with Crippen molar-refractivity contribution in [1.82, 2.24) is 24.8 Å². The van der Waals surface area contributed by atoms with Crippen molar-refractivity contribution in [2.24, 2.45) is 0 Å². The van der Waals surface area contributed by atoms with E-state index in [1.807, 2.05) is 6.07 Å². The molecule has 2 aromatic heterocycles. The summed E-state index contributed by atoms with van der Waals surface area (Å²) in [5, 5.41) is 10.0.